The Balaban J connectivity index is 1.99. The smallest absolute Gasteiger partial charge is 0.344 e. The highest BCUT2D eigenvalue weighted by Crippen LogP contribution is 2.36. The zero-order chi connectivity index (χ0) is 17.9. The van der Waals surface area contributed by atoms with Crippen LogP contribution in [0.25, 0.3) is 0 Å². The van der Waals surface area contributed by atoms with Crippen LogP contribution in [0, 0.1) is 5.92 Å². The summed E-state index contributed by atoms with van der Waals surface area (Å²) in [5, 5.41) is 5.02. The van der Waals surface area contributed by atoms with E-state index in [0.717, 1.165) is 31.7 Å². The molecule has 8 heteroatoms. The zero-order valence-electron chi connectivity index (χ0n) is 13.0. The predicted molar refractivity (Wildman–Crippen MR) is 87.3 cm³/mol. The van der Waals surface area contributed by atoms with Crippen LogP contribution in [0.3, 0.4) is 0 Å². The third-order valence-corrected chi connectivity index (χ3v) is 4.71. The van der Waals surface area contributed by atoms with Crippen LogP contribution in [-0.2, 0) is 15.8 Å². The van der Waals surface area contributed by atoms with Crippen molar-refractivity contribution >= 4 is 33.4 Å². The molecular weight excluding hydrogens is 389 g/mol. The second-order valence-corrected chi connectivity index (χ2v) is 6.75. The van der Waals surface area contributed by atoms with E-state index in [1.807, 2.05) is 0 Å². The molecule has 1 aliphatic rings. The average molecular weight is 407 g/mol. The van der Waals surface area contributed by atoms with Crippen LogP contribution in [0.2, 0.25) is 0 Å². The number of carbonyl (C=O) groups excluding carboxylic acids is 2. The maximum atomic E-state index is 12.9. The molecule has 0 spiro atoms. The van der Waals surface area contributed by atoms with Crippen molar-refractivity contribution < 1.29 is 22.8 Å². The number of carbonyl (C=O) groups is 2. The fourth-order valence-electron chi connectivity index (χ4n) is 2.66. The molecule has 132 valence electrons. The van der Waals surface area contributed by atoms with Crippen LogP contribution < -0.4 is 10.6 Å². The van der Waals surface area contributed by atoms with Gasteiger partial charge in [0.25, 0.3) is 0 Å². The molecule has 1 saturated carbocycles. The topological polar surface area (TPSA) is 58.2 Å². The summed E-state index contributed by atoms with van der Waals surface area (Å²) < 4.78 is 38.5. The normalized spacial score (nSPS) is 16.7. The molecule has 0 aromatic heterocycles. The van der Waals surface area contributed by atoms with Gasteiger partial charge in [0, 0.05) is 16.1 Å². The van der Waals surface area contributed by atoms with Gasteiger partial charge in [0.05, 0.1) is 5.56 Å². The van der Waals surface area contributed by atoms with Gasteiger partial charge in [-0.15, -0.1) is 0 Å². The summed E-state index contributed by atoms with van der Waals surface area (Å²) in [5.74, 6) is -0.816. The summed E-state index contributed by atoms with van der Waals surface area (Å²) in [6, 6.07) is 2.62. The lowest BCUT2D eigenvalue weighted by Crippen LogP contribution is -2.43. The van der Waals surface area contributed by atoms with E-state index in [1.165, 1.54) is 19.1 Å². The van der Waals surface area contributed by atoms with Gasteiger partial charge >= 0.3 is 6.18 Å². The lowest BCUT2D eigenvalue weighted by molar-refractivity contribution is -0.138. The standard InChI is InChI=1S/C16H18BrF3N2O2/c1-9(21-15(24)10-4-2-3-5-10)14(23)22-11-6-7-13(17)12(8-11)16(18,19)20/h6-10H,2-5H2,1H3,(H,21,24)(H,22,23)/t9-/m0/s1. The van der Waals surface area contributed by atoms with E-state index in [2.05, 4.69) is 26.6 Å². The summed E-state index contributed by atoms with van der Waals surface area (Å²) in [6.07, 6.45) is -0.916. The number of benzene rings is 1. The molecule has 0 saturated heterocycles. The number of rotatable bonds is 4. The fourth-order valence-corrected chi connectivity index (χ4v) is 3.13. The molecule has 1 fully saturated rings. The second-order valence-electron chi connectivity index (χ2n) is 5.89. The highest BCUT2D eigenvalue weighted by molar-refractivity contribution is 9.10. The lowest BCUT2D eigenvalue weighted by Gasteiger charge is -2.17. The van der Waals surface area contributed by atoms with E-state index in [1.54, 1.807) is 0 Å². The Hall–Kier alpha value is -1.57. The summed E-state index contributed by atoms with van der Waals surface area (Å²) in [6.45, 7) is 1.51. The van der Waals surface area contributed by atoms with E-state index in [-0.39, 0.29) is 22.0 Å². The van der Waals surface area contributed by atoms with E-state index in [0.29, 0.717) is 0 Å². The van der Waals surface area contributed by atoms with Gasteiger partial charge in [-0.1, -0.05) is 28.8 Å². The number of alkyl halides is 3. The van der Waals surface area contributed by atoms with E-state index in [4.69, 9.17) is 0 Å². The fraction of sp³-hybridized carbons (Fsp3) is 0.500. The van der Waals surface area contributed by atoms with E-state index in [9.17, 15) is 22.8 Å². The minimum atomic E-state index is -4.53. The lowest BCUT2D eigenvalue weighted by atomic mass is 10.1. The monoisotopic (exact) mass is 406 g/mol. The van der Waals surface area contributed by atoms with Crippen LogP contribution in [0.5, 0.6) is 0 Å². The molecule has 1 aliphatic carbocycles. The van der Waals surface area contributed by atoms with Crippen LogP contribution in [0.1, 0.15) is 38.2 Å². The Bertz CT molecular complexity index is 628. The maximum Gasteiger partial charge on any atom is 0.417 e. The molecule has 0 radical (unpaired) electrons. The molecule has 0 bridgehead atoms. The summed E-state index contributed by atoms with van der Waals surface area (Å²) in [7, 11) is 0. The van der Waals surface area contributed by atoms with Crippen molar-refractivity contribution in [3.05, 3.63) is 28.2 Å². The first-order chi connectivity index (χ1) is 11.2. The number of anilines is 1. The van der Waals surface area contributed by atoms with E-state index < -0.39 is 23.7 Å². The zero-order valence-corrected chi connectivity index (χ0v) is 14.6. The molecule has 2 N–H and O–H groups in total. The Kier molecular flexibility index (Phi) is 5.90. The van der Waals surface area contributed by atoms with Gasteiger partial charge in [-0.05, 0) is 38.0 Å². The van der Waals surface area contributed by atoms with Gasteiger partial charge in [0.15, 0.2) is 0 Å². The first-order valence-corrected chi connectivity index (χ1v) is 8.46. The summed E-state index contributed by atoms with van der Waals surface area (Å²) >= 11 is 2.84. The second kappa shape index (κ2) is 7.55. The number of amides is 2. The Labute approximate surface area is 146 Å². The summed E-state index contributed by atoms with van der Waals surface area (Å²) in [4.78, 5) is 24.1. The van der Waals surface area contributed by atoms with Crippen molar-refractivity contribution in [2.75, 3.05) is 5.32 Å². The minimum absolute atomic E-state index is 0.0255. The highest BCUT2D eigenvalue weighted by Gasteiger charge is 2.33. The molecule has 2 amide bonds. The number of hydrogen-bond donors (Lipinski definition) is 2. The Morgan fingerprint density at radius 2 is 1.88 bits per heavy atom. The van der Waals surface area contributed by atoms with Crippen molar-refractivity contribution in [3.63, 3.8) is 0 Å². The number of hydrogen-bond acceptors (Lipinski definition) is 2. The largest absolute Gasteiger partial charge is 0.417 e. The molecule has 1 aromatic carbocycles. The molecule has 0 heterocycles. The molecule has 0 unspecified atom stereocenters. The third kappa shape index (κ3) is 4.72. The van der Waals surface area contributed by atoms with Crippen LogP contribution in [0.4, 0.5) is 18.9 Å². The van der Waals surface area contributed by atoms with Crippen LogP contribution in [-0.4, -0.2) is 17.9 Å². The SMILES string of the molecule is C[C@H](NC(=O)C1CCCC1)C(=O)Nc1ccc(Br)c(C(F)(F)F)c1. The maximum absolute atomic E-state index is 12.9. The minimum Gasteiger partial charge on any atom is -0.344 e. The van der Waals surface area contributed by atoms with Gasteiger partial charge in [0.2, 0.25) is 11.8 Å². The van der Waals surface area contributed by atoms with Gasteiger partial charge < -0.3 is 10.6 Å². The molecule has 1 atom stereocenters. The van der Waals surface area contributed by atoms with Crippen LogP contribution in [0.15, 0.2) is 22.7 Å². The van der Waals surface area contributed by atoms with Gasteiger partial charge in [0.1, 0.15) is 6.04 Å². The van der Waals surface area contributed by atoms with Crippen molar-refractivity contribution in [2.24, 2.45) is 5.92 Å². The van der Waals surface area contributed by atoms with Crippen LogP contribution >= 0.6 is 15.9 Å². The van der Waals surface area contributed by atoms with Crippen molar-refractivity contribution in [1.82, 2.24) is 5.32 Å². The highest BCUT2D eigenvalue weighted by atomic mass is 79.9. The van der Waals surface area contributed by atoms with Gasteiger partial charge in [-0.2, -0.15) is 13.2 Å². The Morgan fingerprint density at radius 3 is 2.46 bits per heavy atom. The van der Waals surface area contributed by atoms with Gasteiger partial charge in [-0.25, -0.2) is 0 Å². The Morgan fingerprint density at radius 1 is 1.25 bits per heavy atom. The molecule has 1 aromatic rings. The summed E-state index contributed by atoms with van der Waals surface area (Å²) in [5.41, 5.74) is -0.847. The van der Waals surface area contributed by atoms with Crippen molar-refractivity contribution in [2.45, 2.75) is 44.8 Å². The molecule has 0 aliphatic heterocycles. The average Bonchev–Trinajstić information content (AvgIpc) is 3.02. The molecular formula is C16H18BrF3N2O2. The predicted octanol–water partition coefficient (Wildman–Crippen LogP) is 4.10. The van der Waals surface area contributed by atoms with Crippen molar-refractivity contribution in [1.29, 1.82) is 0 Å². The third-order valence-electron chi connectivity index (χ3n) is 4.02. The quantitative estimate of drug-likeness (QED) is 0.790. The number of halogens is 4. The van der Waals surface area contributed by atoms with Gasteiger partial charge in [-0.3, -0.25) is 9.59 Å². The van der Waals surface area contributed by atoms with E-state index >= 15 is 0 Å². The van der Waals surface area contributed by atoms with Crippen molar-refractivity contribution in [3.8, 4) is 0 Å². The first-order valence-electron chi connectivity index (χ1n) is 7.66. The molecule has 4 nitrogen and oxygen atoms in total. The molecule has 24 heavy (non-hydrogen) atoms. The first kappa shape index (κ1) is 18.8. The molecule has 2 rings (SSSR count). The number of nitrogens with one attached hydrogen (secondary N) is 2.